The van der Waals surface area contributed by atoms with Gasteiger partial charge in [-0.25, -0.2) is 4.79 Å². The van der Waals surface area contributed by atoms with Gasteiger partial charge in [0.2, 0.25) is 0 Å². The van der Waals surface area contributed by atoms with E-state index in [1.165, 1.54) is 0 Å². The average molecular weight is 254 g/mol. The van der Waals surface area contributed by atoms with Crippen LogP contribution >= 0.6 is 0 Å². The lowest BCUT2D eigenvalue weighted by Gasteiger charge is -2.46. The van der Waals surface area contributed by atoms with Crippen LogP contribution in [0.15, 0.2) is 0 Å². The van der Waals surface area contributed by atoms with E-state index in [4.69, 9.17) is 10.5 Å². The van der Waals surface area contributed by atoms with Crippen LogP contribution in [0.2, 0.25) is 0 Å². The quantitative estimate of drug-likeness (QED) is 0.722. The van der Waals surface area contributed by atoms with Crippen LogP contribution in [0, 0.1) is 5.92 Å². The highest BCUT2D eigenvalue weighted by molar-refractivity contribution is 5.68. The minimum Gasteiger partial charge on any atom is -0.444 e. The van der Waals surface area contributed by atoms with E-state index >= 15 is 0 Å². The highest BCUT2D eigenvalue weighted by Gasteiger charge is 2.40. The highest BCUT2D eigenvalue weighted by Crippen LogP contribution is 2.35. The number of hydrogen-bond acceptors (Lipinski definition) is 3. The Labute approximate surface area is 110 Å². The van der Waals surface area contributed by atoms with Crippen LogP contribution in [-0.4, -0.2) is 35.2 Å². The molecule has 104 valence electrons. The van der Waals surface area contributed by atoms with Gasteiger partial charge in [0.1, 0.15) is 5.60 Å². The molecule has 1 heterocycles. The van der Waals surface area contributed by atoms with Crippen molar-refractivity contribution in [3.05, 3.63) is 0 Å². The molecule has 0 aromatic heterocycles. The Morgan fingerprint density at radius 3 is 2.61 bits per heavy atom. The summed E-state index contributed by atoms with van der Waals surface area (Å²) in [5.74, 6) is 0.472. The topological polar surface area (TPSA) is 55.6 Å². The Balaban J connectivity index is 2.05. The number of fused-ring (bicyclic) bond motifs is 1. The first-order chi connectivity index (χ1) is 8.38. The SMILES string of the molecule is CC(C)(C)OC(=O)N1CCC[C@@H]2[C@@H](N)CCC[C@@H]21. The summed E-state index contributed by atoms with van der Waals surface area (Å²) in [4.78, 5) is 14.2. The van der Waals surface area contributed by atoms with Crippen LogP contribution in [0.25, 0.3) is 0 Å². The van der Waals surface area contributed by atoms with Crippen molar-refractivity contribution in [2.24, 2.45) is 11.7 Å². The number of nitrogens with two attached hydrogens (primary N) is 1. The van der Waals surface area contributed by atoms with E-state index in [0.29, 0.717) is 12.0 Å². The maximum absolute atomic E-state index is 12.2. The average Bonchev–Trinajstić information content (AvgIpc) is 2.26. The third-order valence-electron chi connectivity index (χ3n) is 4.05. The molecule has 2 aliphatic rings. The molecule has 1 saturated carbocycles. The van der Waals surface area contributed by atoms with Crippen LogP contribution in [0.4, 0.5) is 4.79 Å². The molecule has 1 aliphatic heterocycles. The van der Waals surface area contributed by atoms with Gasteiger partial charge in [0.15, 0.2) is 0 Å². The number of ether oxygens (including phenoxy) is 1. The van der Waals surface area contributed by atoms with Gasteiger partial charge in [0.05, 0.1) is 0 Å². The van der Waals surface area contributed by atoms with Gasteiger partial charge >= 0.3 is 6.09 Å². The van der Waals surface area contributed by atoms with E-state index in [1.807, 2.05) is 25.7 Å². The molecule has 0 aromatic carbocycles. The first-order valence-electron chi connectivity index (χ1n) is 7.14. The zero-order valence-corrected chi connectivity index (χ0v) is 11.8. The molecule has 0 spiro atoms. The minimum absolute atomic E-state index is 0.161. The van der Waals surface area contributed by atoms with Gasteiger partial charge in [0.25, 0.3) is 0 Å². The van der Waals surface area contributed by atoms with E-state index in [0.717, 1.165) is 38.6 Å². The molecule has 4 nitrogen and oxygen atoms in total. The number of rotatable bonds is 0. The van der Waals surface area contributed by atoms with Gasteiger partial charge < -0.3 is 15.4 Å². The summed E-state index contributed by atoms with van der Waals surface area (Å²) in [6.07, 6.45) is 5.35. The van der Waals surface area contributed by atoms with Crippen molar-refractivity contribution < 1.29 is 9.53 Å². The molecule has 0 unspecified atom stereocenters. The molecule has 2 fully saturated rings. The second-order valence-corrected chi connectivity index (χ2v) is 6.64. The summed E-state index contributed by atoms with van der Waals surface area (Å²) in [5, 5.41) is 0. The Hall–Kier alpha value is -0.770. The number of likely N-dealkylation sites (tertiary alicyclic amines) is 1. The van der Waals surface area contributed by atoms with Crippen molar-refractivity contribution in [3.8, 4) is 0 Å². The first-order valence-corrected chi connectivity index (χ1v) is 7.14. The van der Waals surface area contributed by atoms with E-state index in [2.05, 4.69) is 0 Å². The maximum atomic E-state index is 12.2. The zero-order valence-electron chi connectivity index (χ0n) is 11.8. The van der Waals surface area contributed by atoms with Crippen LogP contribution in [0.1, 0.15) is 52.9 Å². The third kappa shape index (κ3) is 2.97. The van der Waals surface area contributed by atoms with E-state index < -0.39 is 5.60 Å². The Morgan fingerprint density at radius 2 is 1.94 bits per heavy atom. The van der Waals surface area contributed by atoms with Gasteiger partial charge in [-0.05, 0) is 58.8 Å². The smallest absolute Gasteiger partial charge is 0.410 e. The number of carbonyl (C=O) groups excluding carboxylic acids is 1. The third-order valence-corrected chi connectivity index (χ3v) is 4.05. The molecule has 1 aliphatic carbocycles. The monoisotopic (exact) mass is 254 g/mol. The van der Waals surface area contributed by atoms with Gasteiger partial charge in [0, 0.05) is 18.6 Å². The van der Waals surface area contributed by atoms with E-state index in [-0.39, 0.29) is 12.1 Å². The molecule has 0 bridgehead atoms. The number of nitrogens with zero attached hydrogens (tertiary/aromatic N) is 1. The molecular weight excluding hydrogens is 228 g/mol. The fraction of sp³-hybridized carbons (Fsp3) is 0.929. The van der Waals surface area contributed by atoms with Crippen LogP contribution in [-0.2, 0) is 4.74 Å². The predicted octanol–water partition coefficient (Wildman–Crippen LogP) is 2.51. The molecule has 2 rings (SSSR count). The van der Waals surface area contributed by atoms with Gasteiger partial charge in [-0.2, -0.15) is 0 Å². The van der Waals surface area contributed by atoms with E-state index in [1.54, 1.807) is 0 Å². The fourth-order valence-corrected chi connectivity index (χ4v) is 3.28. The second kappa shape index (κ2) is 5.08. The molecule has 2 N–H and O–H groups in total. The summed E-state index contributed by atoms with van der Waals surface area (Å²) in [7, 11) is 0. The standard InChI is InChI=1S/C14H26N2O2/c1-14(2,3)18-13(17)16-9-5-6-10-11(15)7-4-8-12(10)16/h10-12H,4-9,15H2,1-3H3/t10-,11+,12+/m1/s1. The fourth-order valence-electron chi connectivity index (χ4n) is 3.28. The highest BCUT2D eigenvalue weighted by atomic mass is 16.6. The molecule has 3 atom stereocenters. The molecule has 0 aromatic rings. The zero-order chi connectivity index (χ0) is 13.3. The van der Waals surface area contributed by atoms with Crippen molar-refractivity contribution in [1.82, 2.24) is 4.90 Å². The molecule has 1 saturated heterocycles. The van der Waals surface area contributed by atoms with Crippen molar-refractivity contribution in [2.45, 2.75) is 70.6 Å². The number of piperidine rings is 1. The van der Waals surface area contributed by atoms with Crippen molar-refractivity contribution in [1.29, 1.82) is 0 Å². The van der Waals surface area contributed by atoms with Crippen molar-refractivity contribution in [2.75, 3.05) is 6.54 Å². The number of hydrogen-bond donors (Lipinski definition) is 1. The molecular formula is C14H26N2O2. The van der Waals surface area contributed by atoms with Crippen LogP contribution in [0.3, 0.4) is 0 Å². The molecule has 1 amide bonds. The van der Waals surface area contributed by atoms with E-state index in [9.17, 15) is 4.79 Å². The summed E-state index contributed by atoms with van der Waals surface area (Å²) < 4.78 is 5.51. The lowest BCUT2D eigenvalue weighted by molar-refractivity contribution is -0.0103. The Bertz CT molecular complexity index is 311. The van der Waals surface area contributed by atoms with Crippen LogP contribution < -0.4 is 5.73 Å². The lowest BCUT2D eigenvalue weighted by Crippen LogP contribution is -2.56. The molecule has 0 radical (unpaired) electrons. The lowest BCUT2D eigenvalue weighted by atomic mass is 9.75. The molecule has 18 heavy (non-hydrogen) atoms. The summed E-state index contributed by atoms with van der Waals surface area (Å²) in [5.41, 5.74) is 5.78. The van der Waals surface area contributed by atoms with Gasteiger partial charge in [-0.3, -0.25) is 0 Å². The Morgan fingerprint density at radius 1 is 1.22 bits per heavy atom. The van der Waals surface area contributed by atoms with Crippen molar-refractivity contribution in [3.63, 3.8) is 0 Å². The number of carbonyl (C=O) groups is 1. The largest absolute Gasteiger partial charge is 0.444 e. The first kappa shape index (κ1) is 13.7. The second-order valence-electron chi connectivity index (χ2n) is 6.64. The summed E-state index contributed by atoms with van der Waals surface area (Å²) in [6, 6.07) is 0.561. The Kier molecular flexibility index (Phi) is 3.85. The summed E-state index contributed by atoms with van der Waals surface area (Å²) in [6.45, 7) is 6.57. The van der Waals surface area contributed by atoms with Crippen molar-refractivity contribution >= 4 is 6.09 Å². The predicted molar refractivity (Wildman–Crippen MR) is 71.3 cm³/mol. The molecule has 4 heteroatoms. The number of amides is 1. The summed E-state index contributed by atoms with van der Waals surface area (Å²) >= 11 is 0. The minimum atomic E-state index is -0.416. The normalized spacial score (nSPS) is 32.9. The van der Waals surface area contributed by atoms with Gasteiger partial charge in [-0.1, -0.05) is 0 Å². The van der Waals surface area contributed by atoms with Gasteiger partial charge in [-0.15, -0.1) is 0 Å². The maximum Gasteiger partial charge on any atom is 0.410 e. The van der Waals surface area contributed by atoms with Crippen LogP contribution in [0.5, 0.6) is 0 Å².